The third kappa shape index (κ3) is 3.72. The maximum Gasteiger partial charge on any atom is 0.0640 e. The van der Waals surface area contributed by atoms with Gasteiger partial charge < -0.3 is 10.6 Å². The highest BCUT2D eigenvalue weighted by atomic mass is 79.9. The van der Waals surface area contributed by atoms with Crippen LogP contribution in [0.5, 0.6) is 0 Å². The summed E-state index contributed by atoms with van der Waals surface area (Å²) in [4.78, 5) is 2.18. The molecule has 0 saturated heterocycles. The zero-order chi connectivity index (χ0) is 12.8. The van der Waals surface area contributed by atoms with Gasteiger partial charge in [0.25, 0.3) is 0 Å². The molecule has 0 amide bonds. The van der Waals surface area contributed by atoms with Crippen LogP contribution in [0, 0.1) is 11.3 Å². The molecule has 1 rings (SSSR count). The van der Waals surface area contributed by atoms with Crippen LogP contribution < -0.4 is 10.6 Å². The Bertz CT molecular complexity index is 410. The fourth-order valence-corrected chi connectivity index (χ4v) is 2.34. The quantitative estimate of drug-likeness (QED) is 0.907. The summed E-state index contributed by atoms with van der Waals surface area (Å²) in [5.74, 6) is 0. The van der Waals surface area contributed by atoms with Gasteiger partial charge in [0.05, 0.1) is 18.2 Å². The van der Waals surface area contributed by atoms with Crippen LogP contribution in [0.15, 0.2) is 22.7 Å². The number of nitriles is 1. The molecule has 0 aromatic heterocycles. The van der Waals surface area contributed by atoms with Gasteiger partial charge in [0.1, 0.15) is 0 Å². The average molecular weight is 296 g/mol. The molecule has 0 fully saturated rings. The molecule has 0 spiro atoms. The predicted molar refractivity (Wildman–Crippen MR) is 74.9 cm³/mol. The van der Waals surface area contributed by atoms with Crippen molar-refractivity contribution in [1.82, 2.24) is 0 Å². The van der Waals surface area contributed by atoms with Crippen molar-refractivity contribution < 1.29 is 0 Å². The van der Waals surface area contributed by atoms with Crippen LogP contribution in [-0.4, -0.2) is 13.1 Å². The highest BCUT2D eigenvalue weighted by Crippen LogP contribution is 2.29. The van der Waals surface area contributed by atoms with Gasteiger partial charge in [0.2, 0.25) is 0 Å². The van der Waals surface area contributed by atoms with Gasteiger partial charge in [0.15, 0.2) is 0 Å². The molecule has 1 aromatic rings. The van der Waals surface area contributed by atoms with Crippen molar-refractivity contribution in [3.05, 3.63) is 28.2 Å². The van der Waals surface area contributed by atoms with Gasteiger partial charge in [-0.05, 0) is 47.5 Å². The standard InChI is InChI=1S/C13H18BrN3/c1-3-17(8-4-7-15)13-6-5-11(10(2)16)9-12(13)14/h5-6,9-10H,3-4,8,16H2,1-2H3/t10-/m0/s1. The number of anilines is 1. The van der Waals surface area contributed by atoms with Crippen molar-refractivity contribution in [3.8, 4) is 6.07 Å². The third-order valence-corrected chi connectivity index (χ3v) is 3.35. The zero-order valence-corrected chi connectivity index (χ0v) is 11.9. The number of nitrogens with two attached hydrogens (primary N) is 1. The van der Waals surface area contributed by atoms with Gasteiger partial charge in [-0.3, -0.25) is 0 Å². The summed E-state index contributed by atoms with van der Waals surface area (Å²) < 4.78 is 1.03. The van der Waals surface area contributed by atoms with E-state index in [0.717, 1.165) is 28.8 Å². The Morgan fingerprint density at radius 2 is 2.24 bits per heavy atom. The molecular weight excluding hydrogens is 278 g/mol. The van der Waals surface area contributed by atoms with E-state index in [0.29, 0.717) is 6.42 Å². The Balaban J connectivity index is 2.93. The monoisotopic (exact) mass is 295 g/mol. The lowest BCUT2D eigenvalue weighted by atomic mass is 10.1. The number of nitrogens with zero attached hydrogens (tertiary/aromatic N) is 2. The van der Waals surface area contributed by atoms with Gasteiger partial charge in [0, 0.05) is 23.6 Å². The Morgan fingerprint density at radius 3 is 2.71 bits per heavy atom. The lowest BCUT2D eigenvalue weighted by Crippen LogP contribution is -2.24. The van der Waals surface area contributed by atoms with Crippen molar-refractivity contribution in [2.45, 2.75) is 26.3 Å². The maximum absolute atomic E-state index is 8.64. The lowest BCUT2D eigenvalue weighted by molar-refractivity contribution is 0.807. The number of rotatable bonds is 5. The minimum absolute atomic E-state index is 0.0366. The largest absolute Gasteiger partial charge is 0.370 e. The smallest absolute Gasteiger partial charge is 0.0640 e. The molecule has 0 saturated carbocycles. The predicted octanol–water partition coefficient (Wildman–Crippen LogP) is 3.21. The van der Waals surface area contributed by atoms with Crippen molar-refractivity contribution in [3.63, 3.8) is 0 Å². The number of benzene rings is 1. The summed E-state index contributed by atoms with van der Waals surface area (Å²) in [5.41, 5.74) is 8.07. The Labute approximate surface area is 111 Å². The molecule has 0 aliphatic rings. The molecular formula is C13H18BrN3. The molecule has 0 unspecified atom stereocenters. The molecule has 1 atom stereocenters. The summed E-state index contributed by atoms with van der Waals surface area (Å²) in [6, 6.07) is 8.36. The topological polar surface area (TPSA) is 53.0 Å². The van der Waals surface area contributed by atoms with Crippen molar-refractivity contribution in [1.29, 1.82) is 5.26 Å². The number of hydrogen-bond acceptors (Lipinski definition) is 3. The van der Waals surface area contributed by atoms with Gasteiger partial charge in [-0.2, -0.15) is 5.26 Å². The van der Waals surface area contributed by atoms with E-state index in [1.54, 1.807) is 0 Å². The van der Waals surface area contributed by atoms with E-state index in [-0.39, 0.29) is 6.04 Å². The van der Waals surface area contributed by atoms with E-state index in [2.05, 4.69) is 46.0 Å². The fraction of sp³-hybridized carbons (Fsp3) is 0.462. The summed E-state index contributed by atoms with van der Waals surface area (Å²) >= 11 is 3.57. The minimum Gasteiger partial charge on any atom is -0.370 e. The molecule has 3 nitrogen and oxygen atoms in total. The second-order valence-corrected chi connectivity index (χ2v) is 4.84. The third-order valence-electron chi connectivity index (χ3n) is 2.71. The Hall–Kier alpha value is -1.05. The molecule has 0 aliphatic heterocycles. The molecule has 2 N–H and O–H groups in total. The van der Waals surface area contributed by atoms with Crippen molar-refractivity contribution in [2.24, 2.45) is 5.73 Å². The first-order chi connectivity index (χ1) is 8.10. The van der Waals surface area contributed by atoms with Crippen LogP contribution in [0.1, 0.15) is 31.9 Å². The molecule has 1 aromatic carbocycles. The summed E-state index contributed by atoms with van der Waals surface area (Å²) in [5, 5.41) is 8.64. The molecule has 0 heterocycles. The van der Waals surface area contributed by atoms with Crippen LogP contribution in [0.25, 0.3) is 0 Å². The van der Waals surface area contributed by atoms with E-state index in [1.807, 2.05) is 13.0 Å². The molecule has 17 heavy (non-hydrogen) atoms. The molecule has 4 heteroatoms. The van der Waals surface area contributed by atoms with E-state index >= 15 is 0 Å². The van der Waals surface area contributed by atoms with Gasteiger partial charge in [-0.1, -0.05) is 6.07 Å². The second-order valence-electron chi connectivity index (χ2n) is 3.99. The Kier molecular flexibility index (Phi) is 5.46. The average Bonchev–Trinajstić information content (AvgIpc) is 2.31. The minimum atomic E-state index is 0.0366. The zero-order valence-electron chi connectivity index (χ0n) is 10.3. The van der Waals surface area contributed by atoms with Crippen molar-refractivity contribution in [2.75, 3.05) is 18.0 Å². The fourth-order valence-electron chi connectivity index (χ4n) is 1.70. The van der Waals surface area contributed by atoms with Crippen LogP contribution in [0.3, 0.4) is 0 Å². The SMILES string of the molecule is CCN(CCC#N)c1ccc([C@H](C)N)cc1Br. The molecule has 0 radical (unpaired) electrons. The normalized spacial score (nSPS) is 11.9. The Morgan fingerprint density at radius 1 is 1.53 bits per heavy atom. The van der Waals surface area contributed by atoms with Crippen LogP contribution in [-0.2, 0) is 0 Å². The molecule has 92 valence electrons. The summed E-state index contributed by atoms with van der Waals surface area (Å²) in [7, 11) is 0. The number of hydrogen-bond donors (Lipinski definition) is 1. The highest BCUT2D eigenvalue weighted by molar-refractivity contribution is 9.10. The van der Waals surface area contributed by atoms with E-state index in [9.17, 15) is 0 Å². The molecule has 0 aliphatic carbocycles. The number of halogens is 1. The highest BCUT2D eigenvalue weighted by Gasteiger charge is 2.09. The summed E-state index contributed by atoms with van der Waals surface area (Å²) in [6.07, 6.45) is 0.537. The van der Waals surface area contributed by atoms with E-state index in [4.69, 9.17) is 11.0 Å². The van der Waals surface area contributed by atoms with E-state index < -0.39 is 0 Å². The molecule has 0 bridgehead atoms. The van der Waals surface area contributed by atoms with Gasteiger partial charge in [-0.25, -0.2) is 0 Å². The van der Waals surface area contributed by atoms with Gasteiger partial charge >= 0.3 is 0 Å². The van der Waals surface area contributed by atoms with E-state index in [1.165, 1.54) is 0 Å². The van der Waals surface area contributed by atoms with Crippen LogP contribution in [0.4, 0.5) is 5.69 Å². The van der Waals surface area contributed by atoms with Crippen LogP contribution in [0.2, 0.25) is 0 Å². The van der Waals surface area contributed by atoms with Crippen molar-refractivity contribution >= 4 is 21.6 Å². The maximum atomic E-state index is 8.64. The first-order valence-corrected chi connectivity index (χ1v) is 6.56. The first-order valence-electron chi connectivity index (χ1n) is 5.77. The van der Waals surface area contributed by atoms with Gasteiger partial charge in [-0.15, -0.1) is 0 Å². The lowest BCUT2D eigenvalue weighted by Gasteiger charge is -2.24. The first kappa shape index (κ1) is 14.0. The van der Waals surface area contributed by atoms with Crippen LogP contribution >= 0.6 is 15.9 Å². The second kappa shape index (κ2) is 6.63. The summed E-state index contributed by atoms with van der Waals surface area (Å²) in [6.45, 7) is 5.69.